The molecule has 0 amide bonds. The Morgan fingerprint density at radius 3 is 2.81 bits per heavy atom. The van der Waals surface area contributed by atoms with Crippen LogP contribution >= 0.6 is 0 Å². The molecule has 0 spiro atoms. The number of para-hydroxylation sites is 2. The van der Waals surface area contributed by atoms with Crippen molar-refractivity contribution in [3.05, 3.63) is 65.6 Å². The zero-order chi connectivity index (χ0) is 14.7. The monoisotopic (exact) mass is 284 g/mol. The molecule has 0 aliphatic carbocycles. The molecule has 0 saturated heterocycles. The number of phenolic OH excluding ortho intramolecular Hbond substituents is 1. The first-order valence-corrected chi connectivity index (χ1v) is 6.98. The van der Waals surface area contributed by atoms with Crippen molar-refractivity contribution in [2.75, 3.05) is 6.54 Å². The molecule has 0 unspecified atom stereocenters. The molecule has 3 N–H and O–H groups in total. The largest absolute Gasteiger partial charge is 0.505 e. The molecular weight excluding hydrogens is 267 g/mol. The van der Waals surface area contributed by atoms with Crippen LogP contribution in [0.5, 0.6) is 5.75 Å². The molecule has 3 aromatic rings. The van der Waals surface area contributed by atoms with Crippen molar-refractivity contribution >= 4 is 10.9 Å². The number of aromatic hydroxyl groups is 1. The van der Waals surface area contributed by atoms with E-state index in [0.717, 1.165) is 18.5 Å². The number of H-pyrrole nitrogens is 1. The zero-order valence-electron chi connectivity index (χ0n) is 11.6. The predicted molar refractivity (Wildman–Crippen MR) is 81.8 cm³/mol. The summed E-state index contributed by atoms with van der Waals surface area (Å²) in [6.07, 6.45) is 2.89. The molecule has 3 rings (SSSR count). The summed E-state index contributed by atoms with van der Waals surface area (Å²) in [5.74, 6) is -0.844. The van der Waals surface area contributed by atoms with Crippen molar-refractivity contribution in [3.63, 3.8) is 0 Å². The Morgan fingerprint density at radius 1 is 1.05 bits per heavy atom. The Morgan fingerprint density at radius 2 is 1.90 bits per heavy atom. The minimum Gasteiger partial charge on any atom is -0.505 e. The molecule has 0 radical (unpaired) electrons. The van der Waals surface area contributed by atoms with Crippen molar-refractivity contribution < 1.29 is 9.50 Å². The number of hydrogen-bond acceptors (Lipinski definition) is 2. The first kappa shape index (κ1) is 13.6. The van der Waals surface area contributed by atoms with Crippen molar-refractivity contribution in [2.24, 2.45) is 0 Å². The van der Waals surface area contributed by atoms with Crippen molar-refractivity contribution in [2.45, 2.75) is 13.0 Å². The number of benzene rings is 2. The summed E-state index contributed by atoms with van der Waals surface area (Å²) in [6, 6.07) is 12.8. The van der Waals surface area contributed by atoms with E-state index in [1.165, 1.54) is 17.0 Å². The van der Waals surface area contributed by atoms with Gasteiger partial charge in [0.25, 0.3) is 0 Å². The Hall–Kier alpha value is -2.33. The highest BCUT2D eigenvalue weighted by Crippen LogP contribution is 2.20. The Labute approximate surface area is 122 Å². The lowest BCUT2D eigenvalue weighted by Gasteiger charge is -2.07. The fourth-order valence-corrected chi connectivity index (χ4v) is 2.49. The maximum absolute atomic E-state index is 13.2. The van der Waals surface area contributed by atoms with E-state index >= 15 is 0 Å². The minimum atomic E-state index is -0.578. The highest BCUT2D eigenvalue weighted by Gasteiger charge is 2.06. The van der Waals surface area contributed by atoms with Gasteiger partial charge in [-0.05, 0) is 30.7 Å². The average Bonchev–Trinajstić information content (AvgIpc) is 2.91. The van der Waals surface area contributed by atoms with E-state index in [2.05, 4.69) is 22.4 Å². The topological polar surface area (TPSA) is 48.0 Å². The molecule has 108 valence electrons. The Balaban J connectivity index is 1.58. The van der Waals surface area contributed by atoms with Crippen LogP contribution in [0.15, 0.2) is 48.7 Å². The van der Waals surface area contributed by atoms with Crippen LogP contribution < -0.4 is 5.32 Å². The Kier molecular flexibility index (Phi) is 3.88. The van der Waals surface area contributed by atoms with Gasteiger partial charge in [-0.15, -0.1) is 0 Å². The molecule has 0 aliphatic heterocycles. The van der Waals surface area contributed by atoms with Crippen LogP contribution in [0.4, 0.5) is 4.39 Å². The lowest BCUT2D eigenvalue weighted by molar-refractivity contribution is 0.423. The molecule has 0 bridgehead atoms. The third kappa shape index (κ3) is 2.90. The quantitative estimate of drug-likeness (QED) is 0.629. The third-order valence-electron chi connectivity index (χ3n) is 3.63. The molecule has 3 nitrogen and oxygen atoms in total. The molecule has 0 aliphatic rings. The molecule has 1 heterocycles. The summed E-state index contributed by atoms with van der Waals surface area (Å²) in [5, 5.41) is 14.1. The van der Waals surface area contributed by atoms with Gasteiger partial charge in [0, 0.05) is 29.2 Å². The van der Waals surface area contributed by atoms with E-state index < -0.39 is 5.82 Å². The van der Waals surface area contributed by atoms with Gasteiger partial charge >= 0.3 is 0 Å². The zero-order valence-corrected chi connectivity index (χ0v) is 11.6. The summed E-state index contributed by atoms with van der Waals surface area (Å²) in [7, 11) is 0. The van der Waals surface area contributed by atoms with Crippen LogP contribution in [0.1, 0.15) is 11.1 Å². The van der Waals surface area contributed by atoms with Crippen LogP contribution in [-0.4, -0.2) is 16.6 Å². The second-order valence-corrected chi connectivity index (χ2v) is 5.03. The van der Waals surface area contributed by atoms with Crippen LogP contribution in [0.2, 0.25) is 0 Å². The normalized spacial score (nSPS) is 11.1. The third-order valence-corrected chi connectivity index (χ3v) is 3.63. The highest BCUT2D eigenvalue weighted by molar-refractivity contribution is 5.83. The molecular formula is C17H17FN2O. The second-order valence-electron chi connectivity index (χ2n) is 5.03. The lowest BCUT2D eigenvalue weighted by atomic mass is 10.1. The standard InChI is InChI=1S/C17H17FN2O/c18-15-6-3-4-13(17(15)21)10-19-9-8-12-11-20-16-7-2-1-5-14(12)16/h1-7,11,19-21H,8-10H2. The smallest absolute Gasteiger partial charge is 0.165 e. The number of nitrogens with one attached hydrogen (secondary N) is 2. The molecule has 0 saturated carbocycles. The number of aromatic amines is 1. The number of halogens is 1. The maximum atomic E-state index is 13.2. The summed E-state index contributed by atoms with van der Waals surface area (Å²) in [4.78, 5) is 3.25. The summed E-state index contributed by atoms with van der Waals surface area (Å²) < 4.78 is 13.2. The molecule has 21 heavy (non-hydrogen) atoms. The van der Waals surface area contributed by atoms with Gasteiger partial charge in [-0.2, -0.15) is 0 Å². The van der Waals surface area contributed by atoms with Crippen molar-refractivity contribution in [3.8, 4) is 5.75 Å². The molecule has 4 heteroatoms. The van der Waals surface area contributed by atoms with Crippen LogP contribution in [0, 0.1) is 5.82 Å². The SMILES string of the molecule is Oc1c(F)cccc1CNCCc1c[nH]c2ccccc12. The summed E-state index contributed by atoms with van der Waals surface area (Å²) >= 11 is 0. The van der Waals surface area contributed by atoms with Gasteiger partial charge < -0.3 is 15.4 Å². The van der Waals surface area contributed by atoms with Crippen molar-refractivity contribution in [1.82, 2.24) is 10.3 Å². The van der Waals surface area contributed by atoms with E-state index in [9.17, 15) is 9.50 Å². The number of rotatable bonds is 5. The van der Waals surface area contributed by atoms with Gasteiger partial charge in [0.1, 0.15) is 0 Å². The minimum absolute atomic E-state index is 0.267. The fraction of sp³-hybridized carbons (Fsp3) is 0.176. The van der Waals surface area contributed by atoms with Crippen LogP contribution in [0.3, 0.4) is 0 Å². The van der Waals surface area contributed by atoms with E-state index in [4.69, 9.17) is 0 Å². The second kappa shape index (κ2) is 5.97. The number of fused-ring (bicyclic) bond motifs is 1. The van der Waals surface area contributed by atoms with Gasteiger partial charge in [0.05, 0.1) is 0 Å². The van der Waals surface area contributed by atoms with Crippen molar-refractivity contribution in [1.29, 1.82) is 0 Å². The number of aromatic nitrogens is 1. The van der Waals surface area contributed by atoms with E-state index in [1.807, 2.05) is 18.3 Å². The van der Waals surface area contributed by atoms with Crippen LogP contribution in [0.25, 0.3) is 10.9 Å². The van der Waals surface area contributed by atoms with Gasteiger partial charge in [-0.1, -0.05) is 30.3 Å². The molecule has 1 aromatic heterocycles. The lowest BCUT2D eigenvalue weighted by Crippen LogP contribution is -2.16. The summed E-state index contributed by atoms with van der Waals surface area (Å²) in [6.45, 7) is 1.21. The van der Waals surface area contributed by atoms with E-state index in [0.29, 0.717) is 12.1 Å². The Bertz CT molecular complexity index is 751. The molecule has 0 atom stereocenters. The number of phenols is 1. The van der Waals surface area contributed by atoms with E-state index in [-0.39, 0.29) is 5.75 Å². The van der Waals surface area contributed by atoms with E-state index in [1.54, 1.807) is 12.1 Å². The number of hydrogen-bond donors (Lipinski definition) is 3. The van der Waals surface area contributed by atoms with Gasteiger partial charge in [0.15, 0.2) is 11.6 Å². The predicted octanol–water partition coefficient (Wildman–Crippen LogP) is 3.34. The van der Waals surface area contributed by atoms with Gasteiger partial charge in [-0.25, -0.2) is 4.39 Å². The first-order valence-electron chi connectivity index (χ1n) is 6.98. The van der Waals surface area contributed by atoms with Gasteiger partial charge in [0.2, 0.25) is 0 Å². The van der Waals surface area contributed by atoms with Crippen LogP contribution in [-0.2, 0) is 13.0 Å². The van der Waals surface area contributed by atoms with Gasteiger partial charge in [-0.3, -0.25) is 0 Å². The molecule has 2 aromatic carbocycles. The highest BCUT2D eigenvalue weighted by atomic mass is 19.1. The maximum Gasteiger partial charge on any atom is 0.165 e. The average molecular weight is 284 g/mol. The summed E-state index contributed by atoms with van der Waals surface area (Å²) in [5.41, 5.74) is 2.96. The first-order chi connectivity index (χ1) is 10.3. The fourth-order valence-electron chi connectivity index (χ4n) is 2.49. The molecule has 0 fully saturated rings.